The molecule has 1 heterocycles. The lowest BCUT2D eigenvalue weighted by atomic mass is 10.1. The van der Waals surface area contributed by atoms with Crippen LogP contribution in [-0.4, -0.2) is 36.2 Å². The molecule has 0 amide bonds. The fraction of sp³-hybridized carbons (Fsp3) is 0.520. The largest absolute Gasteiger partial charge is 0.465 e. The van der Waals surface area contributed by atoms with E-state index in [4.69, 9.17) is 17.0 Å². The first-order chi connectivity index (χ1) is 15.1. The third kappa shape index (κ3) is 8.26. The van der Waals surface area contributed by atoms with Gasteiger partial charge in [0.2, 0.25) is 0 Å². The molecule has 1 aromatic heterocycles. The fourth-order valence-electron chi connectivity index (χ4n) is 3.44. The molecule has 0 radical (unpaired) electrons. The highest BCUT2D eigenvalue weighted by Crippen LogP contribution is 2.36. The van der Waals surface area contributed by atoms with Gasteiger partial charge >= 0.3 is 5.97 Å². The summed E-state index contributed by atoms with van der Waals surface area (Å²) >= 11 is 7.33. The van der Waals surface area contributed by atoms with E-state index in [0.717, 1.165) is 41.4 Å². The maximum atomic E-state index is 12.4. The molecule has 1 aromatic carbocycles. The second-order valence-corrected chi connectivity index (χ2v) is 9.19. The molecule has 0 fully saturated rings. The number of rotatable bonds is 13. The van der Waals surface area contributed by atoms with Gasteiger partial charge in [0.15, 0.2) is 5.11 Å². The molecule has 0 saturated carbocycles. The number of unbranched alkanes of at least 4 members (excludes halogenated alkanes) is 6. The molecule has 6 heteroatoms. The number of esters is 1. The normalized spacial score (nSPS) is 10.7. The van der Waals surface area contributed by atoms with Gasteiger partial charge in [0.05, 0.1) is 12.7 Å². The predicted octanol–water partition coefficient (Wildman–Crippen LogP) is 7.36. The minimum absolute atomic E-state index is 0.346. The van der Waals surface area contributed by atoms with Crippen molar-refractivity contribution in [3.8, 4) is 10.4 Å². The number of hydrogen-bond acceptors (Lipinski definition) is 4. The van der Waals surface area contributed by atoms with Gasteiger partial charge in [-0.25, -0.2) is 4.79 Å². The molecular formula is C25H36N2O2S2. The van der Waals surface area contributed by atoms with Gasteiger partial charge in [-0.15, -0.1) is 11.3 Å². The second-order valence-electron chi connectivity index (χ2n) is 7.75. The summed E-state index contributed by atoms with van der Waals surface area (Å²) in [6.07, 6.45) is 9.64. The van der Waals surface area contributed by atoms with E-state index in [1.807, 2.05) is 36.4 Å². The van der Waals surface area contributed by atoms with Crippen LogP contribution in [0.25, 0.3) is 10.4 Å². The minimum atomic E-state index is -0.346. The number of thiophene rings is 1. The summed E-state index contributed by atoms with van der Waals surface area (Å²) in [4.78, 5) is 15.7. The maximum absolute atomic E-state index is 12.4. The number of methoxy groups -OCH3 is 1. The molecule has 1 N–H and O–H groups in total. The Balaban J connectivity index is 2.15. The summed E-state index contributed by atoms with van der Waals surface area (Å²) in [6.45, 7) is 6.35. The number of nitrogens with one attached hydrogen (secondary N) is 1. The zero-order chi connectivity index (χ0) is 22.5. The number of anilines is 1. The van der Waals surface area contributed by atoms with Gasteiger partial charge in [0.25, 0.3) is 0 Å². The van der Waals surface area contributed by atoms with Crippen LogP contribution in [-0.2, 0) is 4.74 Å². The number of ether oxygens (including phenoxy) is 1. The van der Waals surface area contributed by atoms with Crippen molar-refractivity contribution in [2.75, 3.05) is 25.5 Å². The van der Waals surface area contributed by atoms with E-state index in [-0.39, 0.29) is 5.97 Å². The Morgan fingerprint density at radius 1 is 1.00 bits per heavy atom. The van der Waals surface area contributed by atoms with Gasteiger partial charge < -0.3 is 15.0 Å². The zero-order valence-electron chi connectivity index (χ0n) is 19.1. The van der Waals surface area contributed by atoms with Crippen molar-refractivity contribution in [2.45, 2.75) is 65.2 Å². The van der Waals surface area contributed by atoms with Crippen LogP contribution >= 0.6 is 23.6 Å². The predicted molar refractivity (Wildman–Crippen MR) is 137 cm³/mol. The average Bonchev–Trinajstić information content (AvgIpc) is 3.21. The summed E-state index contributed by atoms with van der Waals surface area (Å²) in [7, 11) is 1.41. The lowest BCUT2D eigenvalue weighted by Crippen LogP contribution is -2.36. The van der Waals surface area contributed by atoms with Crippen molar-refractivity contribution in [3.63, 3.8) is 0 Å². The summed E-state index contributed by atoms with van der Waals surface area (Å²) in [5.74, 6) is -0.346. The minimum Gasteiger partial charge on any atom is -0.465 e. The Hall–Kier alpha value is -1.92. The number of nitrogens with zero attached hydrogens (tertiary/aromatic N) is 1. The molecule has 4 nitrogen and oxygen atoms in total. The fourth-order valence-corrected chi connectivity index (χ4v) is 4.84. The molecule has 0 aliphatic rings. The van der Waals surface area contributed by atoms with Crippen LogP contribution in [0.1, 0.15) is 75.6 Å². The molecule has 0 aliphatic heterocycles. The second kappa shape index (κ2) is 14.2. The van der Waals surface area contributed by atoms with Crippen molar-refractivity contribution in [1.82, 2.24) is 4.90 Å². The first kappa shape index (κ1) is 25.3. The molecule has 2 aromatic rings. The molecule has 0 atom stereocenters. The van der Waals surface area contributed by atoms with E-state index in [2.05, 4.69) is 24.1 Å². The van der Waals surface area contributed by atoms with Crippen molar-refractivity contribution in [3.05, 3.63) is 42.0 Å². The molecule has 0 unspecified atom stereocenters. The number of benzene rings is 1. The van der Waals surface area contributed by atoms with Gasteiger partial charge in [0, 0.05) is 18.0 Å². The van der Waals surface area contributed by atoms with E-state index >= 15 is 0 Å². The summed E-state index contributed by atoms with van der Waals surface area (Å²) in [5.41, 5.74) is 1.61. The first-order valence-electron chi connectivity index (χ1n) is 11.4. The lowest BCUT2D eigenvalue weighted by molar-refractivity contribution is 0.0602. The number of hydrogen-bond donors (Lipinski definition) is 1. The standard InChI is InChI=1S/C25H36N2O2S2/c1-4-6-8-13-17-27(18-14-9-7-5-2)25(30)26-23-21(24(28)29-3)19-22(31-23)20-15-11-10-12-16-20/h10-12,15-16,19H,4-9,13-14,17-18H2,1-3H3,(H,26,30). The molecule has 0 bridgehead atoms. The van der Waals surface area contributed by atoms with E-state index < -0.39 is 0 Å². The van der Waals surface area contributed by atoms with Crippen LogP contribution in [0.4, 0.5) is 5.00 Å². The topological polar surface area (TPSA) is 41.6 Å². The van der Waals surface area contributed by atoms with Crippen LogP contribution in [0.5, 0.6) is 0 Å². The molecule has 0 aliphatic carbocycles. The van der Waals surface area contributed by atoms with E-state index in [9.17, 15) is 4.79 Å². The van der Waals surface area contributed by atoms with Gasteiger partial charge in [-0.3, -0.25) is 0 Å². The van der Waals surface area contributed by atoms with E-state index in [1.165, 1.54) is 57.0 Å². The van der Waals surface area contributed by atoms with E-state index in [1.54, 1.807) is 0 Å². The van der Waals surface area contributed by atoms with Gasteiger partial charge in [0.1, 0.15) is 5.00 Å². The quantitative estimate of drug-likeness (QED) is 0.192. The molecule has 0 saturated heterocycles. The van der Waals surface area contributed by atoms with Crippen LogP contribution in [0.15, 0.2) is 36.4 Å². The Morgan fingerprint density at radius 2 is 1.61 bits per heavy atom. The van der Waals surface area contributed by atoms with Crippen molar-refractivity contribution >= 4 is 39.6 Å². The van der Waals surface area contributed by atoms with E-state index in [0.29, 0.717) is 10.7 Å². The molecular weight excluding hydrogens is 424 g/mol. The Labute approximate surface area is 197 Å². The van der Waals surface area contributed by atoms with Crippen LogP contribution in [0.2, 0.25) is 0 Å². The first-order valence-corrected chi connectivity index (χ1v) is 12.7. The Kier molecular flexibility index (Phi) is 11.6. The maximum Gasteiger partial charge on any atom is 0.340 e. The summed E-state index contributed by atoms with van der Waals surface area (Å²) in [5, 5.41) is 4.82. The highest BCUT2D eigenvalue weighted by atomic mass is 32.1. The number of thiocarbonyl (C=S) groups is 1. The number of carbonyl (C=O) groups is 1. The Bertz CT molecular complexity index is 793. The summed E-state index contributed by atoms with van der Waals surface area (Å²) in [6, 6.07) is 12.0. The SMILES string of the molecule is CCCCCCN(CCCCCC)C(=S)Nc1sc(-c2ccccc2)cc1C(=O)OC. The third-order valence-electron chi connectivity index (χ3n) is 5.27. The van der Waals surface area contributed by atoms with Crippen LogP contribution in [0.3, 0.4) is 0 Å². The van der Waals surface area contributed by atoms with Crippen molar-refractivity contribution in [1.29, 1.82) is 0 Å². The van der Waals surface area contributed by atoms with Crippen LogP contribution < -0.4 is 5.32 Å². The molecule has 2 rings (SSSR count). The lowest BCUT2D eigenvalue weighted by Gasteiger charge is -2.26. The van der Waals surface area contributed by atoms with Crippen molar-refractivity contribution in [2.24, 2.45) is 0 Å². The highest BCUT2D eigenvalue weighted by molar-refractivity contribution is 7.80. The Morgan fingerprint density at radius 3 is 2.16 bits per heavy atom. The van der Waals surface area contributed by atoms with Gasteiger partial charge in [-0.05, 0) is 36.7 Å². The highest BCUT2D eigenvalue weighted by Gasteiger charge is 2.20. The monoisotopic (exact) mass is 460 g/mol. The molecule has 170 valence electrons. The van der Waals surface area contributed by atoms with Crippen molar-refractivity contribution < 1.29 is 9.53 Å². The van der Waals surface area contributed by atoms with Gasteiger partial charge in [-0.1, -0.05) is 82.7 Å². The average molecular weight is 461 g/mol. The zero-order valence-corrected chi connectivity index (χ0v) is 20.7. The summed E-state index contributed by atoms with van der Waals surface area (Å²) < 4.78 is 5.02. The van der Waals surface area contributed by atoms with Gasteiger partial charge in [-0.2, -0.15) is 0 Å². The van der Waals surface area contributed by atoms with Crippen LogP contribution in [0, 0.1) is 0 Å². The smallest absolute Gasteiger partial charge is 0.340 e. The molecule has 31 heavy (non-hydrogen) atoms. The third-order valence-corrected chi connectivity index (χ3v) is 6.73. The molecule has 0 spiro atoms. The number of carbonyl (C=O) groups excluding carboxylic acids is 1.